The molecule has 5 nitrogen and oxygen atoms in total. The van der Waals surface area contributed by atoms with Crippen LogP contribution in [-0.2, 0) is 30.9 Å². The molecule has 0 spiro atoms. The third-order valence-electron chi connectivity index (χ3n) is 11.6. The average molecular weight is 1070 g/mol. The molecule has 63 heavy (non-hydrogen) atoms. The van der Waals surface area contributed by atoms with E-state index in [9.17, 15) is 0 Å². The summed E-state index contributed by atoms with van der Waals surface area (Å²) in [4.78, 5) is 14.5. The van der Waals surface area contributed by atoms with Crippen LogP contribution in [0.1, 0.15) is 83.7 Å². The van der Waals surface area contributed by atoms with Crippen LogP contribution in [0, 0.1) is 19.1 Å². The van der Waals surface area contributed by atoms with Gasteiger partial charge in [0.2, 0.25) is 0 Å². The maximum atomic E-state index is 6.15. The number of hydrogen-bond donors (Lipinski definition) is 0. The van der Waals surface area contributed by atoms with Gasteiger partial charge in [-0.25, -0.2) is 0 Å². The molecule has 0 saturated carbocycles. The van der Waals surface area contributed by atoms with Crippen LogP contribution in [0.3, 0.4) is 0 Å². The summed E-state index contributed by atoms with van der Waals surface area (Å²) in [5.74, 6) is 8.65. The monoisotopic (exact) mass is 1070 g/mol. The molecular formula is C56H58GeIrN4O-2. The summed E-state index contributed by atoms with van der Waals surface area (Å²) in [5, 5.41) is 2.10. The van der Waals surface area contributed by atoms with Crippen LogP contribution in [0.4, 0.5) is 0 Å². The number of pyridine rings is 2. The van der Waals surface area contributed by atoms with Crippen LogP contribution in [-0.4, -0.2) is 32.8 Å². The topological polar surface area (TPSA) is 56.7 Å². The SMILES string of the molecule is CC(C)(C)c1cc(-c2ccccc2)cc(C(C)(C)C)c1-n1c(-c2[c-]cccc2)nc2ccccc21.Cc1ccc2c(n1)oc1c(-c3cc(C(C)C)[c]([Ge]([CH3])([CH3])[CH3])cn3)[c-]ccc12.[Ir]. The van der Waals surface area contributed by atoms with Gasteiger partial charge in [-0.2, -0.15) is 0 Å². The van der Waals surface area contributed by atoms with Crippen molar-refractivity contribution in [2.75, 3.05) is 0 Å². The molecule has 0 bridgehead atoms. The summed E-state index contributed by atoms with van der Waals surface area (Å²) in [7, 11) is 0. The van der Waals surface area contributed by atoms with Crippen molar-refractivity contribution in [2.24, 2.45) is 0 Å². The van der Waals surface area contributed by atoms with Crippen LogP contribution >= 0.6 is 0 Å². The maximum Gasteiger partial charge on any atom is 0 e. The van der Waals surface area contributed by atoms with Crippen LogP contribution in [0.5, 0.6) is 0 Å². The molecule has 4 heterocycles. The molecule has 0 unspecified atom stereocenters. The summed E-state index contributed by atoms with van der Waals surface area (Å²) in [6.07, 6.45) is 2.10. The summed E-state index contributed by atoms with van der Waals surface area (Å²) < 4.78 is 9.99. The minimum atomic E-state index is -1.99. The predicted octanol–water partition coefficient (Wildman–Crippen LogP) is 14.6. The Morgan fingerprint density at radius 1 is 0.683 bits per heavy atom. The van der Waals surface area contributed by atoms with Gasteiger partial charge in [0.05, 0.1) is 16.9 Å². The molecule has 4 aromatic heterocycles. The first-order valence-electron chi connectivity index (χ1n) is 21.8. The minimum absolute atomic E-state index is 0. The van der Waals surface area contributed by atoms with Gasteiger partial charge in [0, 0.05) is 25.8 Å². The molecule has 0 amide bonds. The largest absolute Gasteiger partial charge is 0 e. The van der Waals surface area contributed by atoms with Crippen molar-refractivity contribution >= 4 is 50.8 Å². The number of aromatic nitrogens is 4. The molecular weight excluding hydrogens is 1010 g/mol. The standard InChI is InChI=1S/C33H33N2.C23H25GeN2O.Ir/c1-32(2,3)26-21-25(23-15-9-7-10-16-23)22-27(33(4,5)6)30(26)35-29-20-14-13-19-28(29)34-31(35)24-17-11-8-12-18-24;1-14(2)19-12-21(25-13-20(19)24(4,5)6)18-9-7-8-16-17-11-10-15(3)26-23(17)27-22(16)18;/h7-17,19-22H,1-6H3;7-8,10-14H,1-6H3;/q2*-1;. The van der Waals surface area contributed by atoms with Gasteiger partial charge in [-0.15, -0.1) is 35.9 Å². The van der Waals surface area contributed by atoms with Crippen LogP contribution in [0.25, 0.3) is 72.6 Å². The van der Waals surface area contributed by atoms with E-state index in [0.29, 0.717) is 11.6 Å². The number of nitrogens with zero attached hydrogens (tertiary/aromatic N) is 4. The minimum Gasteiger partial charge on any atom is 0 e. The maximum absolute atomic E-state index is 6.15. The van der Waals surface area contributed by atoms with Crippen molar-refractivity contribution < 1.29 is 24.5 Å². The summed E-state index contributed by atoms with van der Waals surface area (Å²) in [6.45, 7) is 20.3. The molecule has 323 valence electrons. The van der Waals surface area contributed by atoms with E-state index in [1.165, 1.54) is 37.9 Å². The van der Waals surface area contributed by atoms with E-state index in [1.807, 2.05) is 37.3 Å². The Morgan fingerprint density at radius 2 is 1.35 bits per heavy atom. The quantitative estimate of drug-likeness (QED) is 0.123. The van der Waals surface area contributed by atoms with E-state index >= 15 is 0 Å². The zero-order chi connectivity index (χ0) is 44.1. The number of hydrogen-bond acceptors (Lipinski definition) is 4. The van der Waals surface area contributed by atoms with Gasteiger partial charge in [0.15, 0.2) is 0 Å². The van der Waals surface area contributed by atoms with E-state index in [-0.39, 0.29) is 30.9 Å². The third kappa shape index (κ3) is 9.27. The Morgan fingerprint density at radius 3 is 1.98 bits per heavy atom. The zero-order valence-electron chi connectivity index (χ0n) is 38.7. The van der Waals surface area contributed by atoms with E-state index in [0.717, 1.165) is 55.7 Å². The van der Waals surface area contributed by atoms with Gasteiger partial charge in [0.25, 0.3) is 0 Å². The van der Waals surface area contributed by atoms with Crippen molar-refractivity contribution in [2.45, 2.75) is 96.3 Å². The van der Waals surface area contributed by atoms with E-state index < -0.39 is 13.3 Å². The Balaban J connectivity index is 0.000000192. The zero-order valence-corrected chi connectivity index (χ0v) is 43.2. The molecule has 0 atom stereocenters. The summed E-state index contributed by atoms with van der Waals surface area (Å²) in [5.41, 5.74) is 15.0. The van der Waals surface area contributed by atoms with Crippen molar-refractivity contribution in [3.05, 3.63) is 162 Å². The molecule has 0 saturated heterocycles. The van der Waals surface area contributed by atoms with Crippen LogP contribution < -0.4 is 4.40 Å². The predicted molar refractivity (Wildman–Crippen MR) is 264 cm³/mol. The number of rotatable bonds is 6. The molecule has 5 aromatic carbocycles. The first kappa shape index (κ1) is 45.9. The second kappa shape index (κ2) is 17.8. The average Bonchev–Trinajstić information content (AvgIpc) is 3.81. The van der Waals surface area contributed by atoms with Crippen LogP contribution in [0.15, 0.2) is 132 Å². The van der Waals surface area contributed by atoms with Crippen molar-refractivity contribution in [1.29, 1.82) is 0 Å². The number of furan rings is 1. The second-order valence-corrected chi connectivity index (χ2v) is 30.5. The van der Waals surface area contributed by atoms with Gasteiger partial charge in [0.1, 0.15) is 0 Å². The molecule has 0 fully saturated rings. The van der Waals surface area contributed by atoms with Crippen molar-refractivity contribution in [3.63, 3.8) is 0 Å². The molecule has 1 radical (unpaired) electrons. The van der Waals surface area contributed by atoms with Crippen molar-refractivity contribution in [3.8, 4) is 39.5 Å². The molecule has 9 rings (SSSR count). The Labute approximate surface area is 390 Å². The fraction of sp³-hybridized carbons (Fsp3) is 0.268. The first-order chi connectivity index (χ1) is 29.4. The second-order valence-electron chi connectivity index (χ2n) is 19.9. The smallest absolute Gasteiger partial charge is 0 e. The molecule has 0 aliphatic carbocycles. The molecule has 0 aliphatic heterocycles. The number of fused-ring (bicyclic) bond motifs is 4. The normalized spacial score (nSPS) is 12.1. The van der Waals surface area contributed by atoms with Gasteiger partial charge < -0.3 is 4.57 Å². The fourth-order valence-corrected chi connectivity index (χ4v) is 11.9. The van der Waals surface area contributed by atoms with Gasteiger partial charge >= 0.3 is 163 Å². The van der Waals surface area contributed by atoms with Gasteiger partial charge in [-0.3, -0.25) is 4.98 Å². The Bertz CT molecular complexity index is 3020. The third-order valence-corrected chi connectivity index (χ3v) is 15.9. The summed E-state index contributed by atoms with van der Waals surface area (Å²) in [6, 6.07) is 49.2. The van der Waals surface area contributed by atoms with Gasteiger partial charge in [-0.1, -0.05) is 84.0 Å². The number of benzene rings is 5. The van der Waals surface area contributed by atoms with Crippen LogP contribution in [0.2, 0.25) is 17.3 Å². The number of para-hydroxylation sites is 2. The van der Waals surface area contributed by atoms with Crippen molar-refractivity contribution in [1.82, 2.24) is 19.5 Å². The molecule has 0 N–H and O–H groups in total. The number of imidazole rings is 1. The fourth-order valence-electron chi connectivity index (χ4n) is 8.40. The first-order valence-corrected chi connectivity index (χ1v) is 29.1. The Hall–Kier alpha value is -5.14. The van der Waals surface area contributed by atoms with E-state index in [2.05, 4.69) is 192 Å². The molecule has 9 aromatic rings. The Kier molecular flexibility index (Phi) is 13.0. The van der Waals surface area contributed by atoms with Gasteiger partial charge in [-0.05, 0) is 57.3 Å². The van der Waals surface area contributed by atoms with E-state index in [4.69, 9.17) is 14.4 Å². The van der Waals surface area contributed by atoms with E-state index in [1.54, 1.807) is 0 Å². The summed E-state index contributed by atoms with van der Waals surface area (Å²) >= 11 is -1.99. The molecule has 0 aliphatic rings. The molecule has 7 heteroatoms. The number of aryl methyl sites for hydroxylation is 1.